The molecule has 0 fully saturated rings. The van der Waals surface area contributed by atoms with E-state index in [2.05, 4.69) is 240 Å². The number of rotatable bonds is 8. The summed E-state index contributed by atoms with van der Waals surface area (Å²) in [6, 6.07) is 82.2. The van der Waals surface area contributed by atoms with E-state index in [9.17, 15) is 0 Å². The molecule has 0 radical (unpaired) electrons. The Kier molecular flexibility index (Phi) is 8.49. The molecule has 10 aromatic carbocycles. The van der Waals surface area contributed by atoms with E-state index in [1.165, 1.54) is 27.5 Å². The molecule has 0 saturated carbocycles. The van der Waals surface area contributed by atoms with Crippen molar-refractivity contribution in [3.05, 3.63) is 231 Å². The quantitative estimate of drug-likeness (QED) is 0.154. The van der Waals surface area contributed by atoms with Gasteiger partial charge in [0.2, 0.25) is 0 Å². The molecule has 0 N–H and O–H groups in total. The summed E-state index contributed by atoms with van der Waals surface area (Å²) in [7, 11) is 0. The fraction of sp³-hybridized carbons (Fsp3) is 0. The van der Waals surface area contributed by atoms with Crippen molar-refractivity contribution in [2.75, 3.05) is 9.80 Å². The number of fused-ring (bicyclic) bond motifs is 6. The molecule has 11 rings (SSSR count). The maximum atomic E-state index is 6.67. The van der Waals surface area contributed by atoms with E-state index in [4.69, 9.17) is 4.42 Å². The van der Waals surface area contributed by atoms with Gasteiger partial charge >= 0.3 is 0 Å². The summed E-state index contributed by atoms with van der Waals surface area (Å²) in [5.74, 6) is 0. The molecule has 0 saturated heterocycles. The molecule has 0 aliphatic carbocycles. The monoisotopic (exact) mass is 754 g/mol. The topological polar surface area (TPSA) is 19.6 Å². The van der Waals surface area contributed by atoms with Crippen LogP contribution in [0.15, 0.2) is 235 Å². The molecule has 1 heterocycles. The zero-order valence-corrected chi connectivity index (χ0v) is 32.2. The highest BCUT2D eigenvalue weighted by Gasteiger charge is 2.22. The van der Waals surface area contributed by atoms with Gasteiger partial charge < -0.3 is 14.2 Å². The summed E-state index contributed by atoms with van der Waals surface area (Å²) in [5.41, 5.74) is 13.1. The number of hydrogen-bond acceptors (Lipinski definition) is 3. The van der Waals surface area contributed by atoms with Crippen molar-refractivity contribution in [2.24, 2.45) is 0 Å². The van der Waals surface area contributed by atoms with Crippen LogP contribution in [-0.2, 0) is 0 Å². The minimum atomic E-state index is 0.868. The summed E-state index contributed by atoms with van der Waals surface area (Å²) < 4.78 is 6.67. The van der Waals surface area contributed by atoms with Gasteiger partial charge in [-0.1, -0.05) is 158 Å². The van der Waals surface area contributed by atoms with Crippen LogP contribution in [-0.4, -0.2) is 0 Å². The third-order valence-corrected chi connectivity index (χ3v) is 11.4. The zero-order valence-electron chi connectivity index (χ0n) is 32.2. The molecular weight excluding hydrogens is 717 g/mol. The average Bonchev–Trinajstić information content (AvgIpc) is 3.71. The van der Waals surface area contributed by atoms with E-state index in [-0.39, 0.29) is 0 Å². The van der Waals surface area contributed by atoms with Gasteiger partial charge in [0.05, 0.1) is 16.8 Å². The van der Waals surface area contributed by atoms with Crippen LogP contribution in [0.1, 0.15) is 0 Å². The molecule has 3 nitrogen and oxygen atoms in total. The van der Waals surface area contributed by atoms with E-state index in [0.717, 1.165) is 72.4 Å². The molecule has 0 amide bonds. The summed E-state index contributed by atoms with van der Waals surface area (Å²) in [6.07, 6.45) is 0. The standard InChI is InChI=1S/C56H38N2O/c1-4-15-39(16-5-1)40-27-32-45(33-28-40)57(43-18-6-2-7-19-43)46-34-29-42(30-35-46)47-37-38-52(50-24-13-12-23-49(47)50)58(44-20-8-3-9-21-44)53-25-14-26-54-55(53)51-36-31-41-17-10-11-22-48(41)56(51)59-54/h1-38H. The number of benzene rings is 10. The molecule has 0 unspecified atom stereocenters. The molecule has 0 atom stereocenters. The van der Waals surface area contributed by atoms with Crippen LogP contribution in [0.3, 0.4) is 0 Å². The predicted octanol–water partition coefficient (Wildman–Crippen LogP) is 16.2. The van der Waals surface area contributed by atoms with Crippen molar-refractivity contribution in [2.45, 2.75) is 0 Å². The lowest BCUT2D eigenvalue weighted by Gasteiger charge is -2.28. The van der Waals surface area contributed by atoms with Crippen molar-refractivity contribution in [3.8, 4) is 22.3 Å². The SMILES string of the molecule is c1ccc(-c2ccc(N(c3ccccc3)c3ccc(-c4ccc(N(c5ccccc5)c5cccc6oc7c8ccccc8ccc7c56)c5ccccc45)cc3)cc2)cc1. The molecule has 0 aliphatic heterocycles. The van der Waals surface area contributed by atoms with Gasteiger partial charge in [0, 0.05) is 38.9 Å². The average molecular weight is 755 g/mol. The van der Waals surface area contributed by atoms with Crippen molar-refractivity contribution in [1.82, 2.24) is 0 Å². The highest BCUT2D eigenvalue weighted by molar-refractivity contribution is 6.20. The normalized spacial score (nSPS) is 11.4. The molecule has 59 heavy (non-hydrogen) atoms. The van der Waals surface area contributed by atoms with E-state index in [1.54, 1.807) is 0 Å². The maximum Gasteiger partial charge on any atom is 0.143 e. The van der Waals surface area contributed by atoms with E-state index in [0.29, 0.717) is 0 Å². The summed E-state index contributed by atoms with van der Waals surface area (Å²) in [6.45, 7) is 0. The maximum absolute atomic E-state index is 6.67. The Labute approximate surface area is 343 Å². The van der Waals surface area contributed by atoms with Gasteiger partial charge in [0.1, 0.15) is 11.2 Å². The Hall–Kier alpha value is -7.88. The van der Waals surface area contributed by atoms with Crippen LogP contribution >= 0.6 is 0 Å². The molecule has 3 heteroatoms. The van der Waals surface area contributed by atoms with Crippen LogP contribution < -0.4 is 9.80 Å². The number of para-hydroxylation sites is 2. The van der Waals surface area contributed by atoms with Gasteiger partial charge in [-0.3, -0.25) is 0 Å². The van der Waals surface area contributed by atoms with Crippen LogP contribution in [0.4, 0.5) is 34.1 Å². The smallest absolute Gasteiger partial charge is 0.143 e. The lowest BCUT2D eigenvalue weighted by Crippen LogP contribution is -2.11. The minimum Gasteiger partial charge on any atom is -0.455 e. The third-order valence-electron chi connectivity index (χ3n) is 11.4. The van der Waals surface area contributed by atoms with Crippen LogP contribution in [0.2, 0.25) is 0 Å². The Morgan fingerprint density at radius 2 is 0.831 bits per heavy atom. The van der Waals surface area contributed by atoms with Gasteiger partial charge in [0.25, 0.3) is 0 Å². The Balaban J connectivity index is 1.02. The second kappa shape index (κ2) is 14.6. The fourth-order valence-electron chi connectivity index (χ4n) is 8.68. The first kappa shape index (κ1) is 34.4. The third kappa shape index (κ3) is 6.08. The molecule has 1 aromatic heterocycles. The second-order valence-electron chi connectivity index (χ2n) is 14.9. The van der Waals surface area contributed by atoms with Gasteiger partial charge in [-0.05, 0) is 106 Å². The molecule has 11 aromatic rings. The molecule has 0 spiro atoms. The van der Waals surface area contributed by atoms with Crippen molar-refractivity contribution < 1.29 is 4.42 Å². The van der Waals surface area contributed by atoms with Crippen LogP contribution in [0.5, 0.6) is 0 Å². The first-order valence-corrected chi connectivity index (χ1v) is 20.1. The fourth-order valence-corrected chi connectivity index (χ4v) is 8.68. The van der Waals surface area contributed by atoms with Gasteiger partial charge in [0.15, 0.2) is 0 Å². The first-order valence-electron chi connectivity index (χ1n) is 20.1. The second-order valence-corrected chi connectivity index (χ2v) is 14.9. The predicted molar refractivity (Wildman–Crippen MR) is 249 cm³/mol. The Bertz CT molecular complexity index is 3250. The number of anilines is 6. The summed E-state index contributed by atoms with van der Waals surface area (Å²) >= 11 is 0. The number of nitrogens with zero attached hydrogens (tertiary/aromatic N) is 2. The first-order chi connectivity index (χ1) is 29.3. The van der Waals surface area contributed by atoms with Crippen LogP contribution in [0, 0.1) is 0 Å². The van der Waals surface area contributed by atoms with Crippen molar-refractivity contribution in [1.29, 1.82) is 0 Å². The minimum absolute atomic E-state index is 0.868. The Morgan fingerprint density at radius 3 is 1.53 bits per heavy atom. The van der Waals surface area contributed by atoms with E-state index >= 15 is 0 Å². The van der Waals surface area contributed by atoms with Crippen LogP contribution in [0.25, 0.3) is 65.7 Å². The number of furan rings is 1. The highest BCUT2D eigenvalue weighted by atomic mass is 16.3. The molecule has 278 valence electrons. The lowest BCUT2D eigenvalue weighted by atomic mass is 9.95. The Morgan fingerprint density at radius 1 is 0.288 bits per heavy atom. The lowest BCUT2D eigenvalue weighted by molar-refractivity contribution is 0.672. The molecular formula is C56H38N2O. The van der Waals surface area contributed by atoms with Crippen molar-refractivity contribution >= 4 is 77.6 Å². The van der Waals surface area contributed by atoms with Gasteiger partial charge in [-0.15, -0.1) is 0 Å². The van der Waals surface area contributed by atoms with E-state index in [1.807, 2.05) is 0 Å². The highest BCUT2D eigenvalue weighted by Crippen LogP contribution is 2.47. The molecule has 0 bridgehead atoms. The van der Waals surface area contributed by atoms with Crippen molar-refractivity contribution in [3.63, 3.8) is 0 Å². The summed E-state index contributed by atoms with van der Waals surface area (Å²) in [5, 5.41) is 6.84. The number of hydrogen-bond donors (Lipinski definition) is 0. The zero-order chi connectivity index (χ0) is 39.1. The summed E-state index contributed by atoms with van der Waals surface area (Å²) in [4.78, 5) is 4.71. The molecule has 0 aliphatic rings. The van der Waals surface area contributed by atoms with Gasteiger partial charge in [-0.2, -0.15) is 0 Å². The van der Waals surface area contributed by atoms with Gasteiger partial charge in [-0.25, -0.2) is 0 Å². The largest absolute Gasteiger partial charge is 0.455 e. The van der Waals surface area contributed by atoms with E-state index < -0.39 is 0 Å².